The average Bonchev–Trinajstić information content (AvgIpc) is 3.24. The Morgan fingerprint density at radius 2 is 2.04 bits per heavy atom. The molecule has 6 nitrogen and oxygen atoms in total. The fraction of sp³-hybridized carbons (Fsp3) is 0.235. The molecule has 2 heterocycles. The van der Waals surface area contributed by atoms with E-state index in [1.807, 2.05) is 54.9 Å². The second-order valence-electron chi connectivity index (χ2n) is 5.31. The van der Waals surface area contributed by atoms with Crippen molar-refractivity contribution in [2.45, 2.75) is 23.9 Å². The normalized spacial score (nSPS) is 12.1. The van der Waals surface area contributed by atoms with Crippen LogP contribution in [0, 0.1) is 0 Å². The Morgan fingerprint density at radius 3 is 2.75 bits per heavy atom. The van der Waals surface area contributed by atoms with Crippen LogP contribution in [0.2, 0.25) is 0 Å². The number of thioether (sulfide) groups is 1. The molecule has 124 valence electrons. The van der Waals surface area contributed by atoms with Gasteiger partial charge in [0.15, 0.2) is 16.7 Å². The maximum atomic E-state index is 12.3. The SMILES string of the molecule is C[C@@H](Sc1nnc(-c2ccco2)n1C)C(=O)NCc1ccccc1. The third-order valence-corrected chi connectivity index (χ3v) is 4.67. The van der Waals surface area contributed by atoms with Crippen LogP contribution in [0.3, 0.4) is 0 Å². The zero-order valence-electron chi connectivity index (χ0n) is 13.5. The van der Waals surface area contributed by atoms with Crippen LogP contribution in [0.4, 0.5) is 0 Å². The minimum atomic E-state index is -0.277. The highest BCUT2D eigenvalue weighted by Gasteiger charge is 2.19. The number of hydrogen-bond donors (Lipinski definition) is 1. The molecule has 0 bridgehead atoms. The Hall–Kier alpha value is -2.54. The molecule has 0 unspecified atom stereocenters. The number of carbonyl (C=O) groups excluding carboxylic acids is 1. The van der Waals surface area contributed by atoms with Gasteiger partial charge in [0.1, 0.15) is 0 Å². The van der Waals surface area contributed by atoms with Crippen LogP contribution < -0.4 is 5.32 Å². The summed E-state index contributed by atoms with van der Waals surface area (Å²) in [4.78, 5) is 12.3. The molecule has 24 heavy (non-hydrogen) atoms. The molecule has 1 N–H and O–H groups in total. The van der Waals surface area contributed by atoms with Crippen molar-refractivity contribution >= 4 is 17.7 Å². The van der Waals surface area contributed by atoms with Gasteiger partial charge >= 0.3 is 0 Å². The lowest BCUT2D eigenvalue weighted by Gasteiger charge is -2.11. The molecule has 0 aliphatic carbocycles. The van der Waals surface area contributed by atoms with Crippen LogP contribution in [0.15, 0.2) is 58.3 Å². The molecule has 0 radical (unpaired) electrons. The highest BCUT2D eigenvalue weighted by molar-refractivity contribution is 8.00. The fourth-order valence-corrected chi connectivity index (χ4v) is 3.02. The van der Waals surface area contributed by atoms with Gasteiger partial charge in [0.05, 0.1) is 11.5 Å². The molecule has 0 spiro atoms. The van der Waals surface area contributed by atoms with Crippen LogP contribution in [-0.4, -0.2) is 25.9 Å². The highest BCUT2D eigenvalue weighted by Crippen LogP contribution is 2.25. The van der Waals surface area contributed by atoms with Crippen molar-refractivity contribution < 1.29 is 9.21 Å². The molecule has 2 aromatic heterocycles. The number of amides is 1. The number of hydrogen-bond acceptors (Lipinski definition) is 5. The van der Waals surface area contributed by atoms with Gasteiger partial charge in [-0.1, -0.05) is 42.1 Å². The predicted octanol–water partition coefficient (Wildman–Crippen LogP) is 2.87. The third kappa shape index (κ3) is 3.68. The number of nitrogens with zero attached hydrogens (tertiary/aromatic N) is 3. The van der Waals surface area contributed by atoms with Gasteiger partial charge in [0, 0.05) is 13.6 Å². The second kappa shape index (κ2) is 7.35. The van der Waals surface area contributed by atoms with Gasteiger partial charge in [-0.15, -0.1) is 10.2 Å². The first-order valence-corrected chi connectivity index (χ1v) is 8.44. The summed E-state index contributed by atoms with van der Waals surface area (Å²) in [5, 5.41) is 11.6. The third-order valence-electron chi connectivity index (χ3n) is 3.54. The lowest BCUT2D eigenvalue weighted by atomic mass is 10.2. The average molecular weight is 342 g/mol. The molecular weight excluding hydrogens is 324 g/mol. The monoisotopic (exact) mass is 342 g/mol. The molecule has 0 aliphatic rings. The van der Waals surface area contributed by atoms with E-state index in [2.05, 4.69) is 15.5 Å². The summed E-state index contributed by atoms with van der Waals surface area (Å²) in [6.07, 6.45) is 1.59. The molecular formula is C17H18N4O2S. The van der Waals surface area contributed by atoms with Crippen molar-refractivity contribution in [2.24, 2.45) is 7.05 Å². The minimum Gasteiger partial charge on any atom is -0.461 e. The van der Waals surface area contributed by atoms with Crippen LogP contribution in [0.5, 0.6) is 0 Å². The maximum absolute atomic E-state index is 12.3. The highest BCUT2D eigenvalue weighted by atomic mass is 32.2. The quantitative estimate of drug-likeness (QED) is 0.697. The fourth-order valence-electron chi connectivity index (χ4n) is 2.18. The van der Waals surface area contributed by atoms with Crippen LogP contribution >= 0.6 is 11.8 Å². The molecule has 1 aromatic carbocycles. The molecule has 0 aliphatic heterocycles. The van der Waals surface area contributed by atoms with E-state index in [0.29, 0.717) is 23.3 Å². The zero-order chi connectivity index (χ0) is 16.9. The number of furan rings is 1. The van der Waals surface area contributed by atoms with Crippen molar-refractivity contribution in [2.75, 3.05) is 0 Å². The minimum absolute atomic E-state index is 0.0357. The largest absolute Gasteiger partial charge is 0.461 e. The van der Waals surface area contributed by atoms with Crippen molar-refractivity contribution in [1.29, 1.82) is 0 Å². The molecule has 3 aromatic rings. The van der Waals surface area contributed by atoms with E-state index >= 15 is 0 Å². The number of rotatable bonds is 6. The van der Waals surface area contributed by atoms with E-state index in [0.717, 1.165) is 5.56 Å². The summed E-state index contributed by atoms with van der Waals surface area (Å²) in [5.41, 5.74) is 1.07. The van der Waals surface area contributed by atoms with Gasteiger partial charge in [0.25, 0.3) is 0 Å². The molecule has 0 fully saturated rings. The summed E-state index contributed by atoms with van der Waals surface area (Å²) in [6.45, 7) is 2.37. The molecule has 1 amide bonds. The second-order valence-corrected chi connectivity index (χ2v) is 6.61. The van der Waals surface area contributed by atoms with E-state index in [1.165, 1.54) is 11.8 Å². The Labute approximate surface area is 144 Å². The first-order chi connectivity index (χ1) is 11.6. The first-order valence-electron chi connectivity index (χ1n) is 7.56. The van der Waals surface area contributed by atoms with Gasteiger partial charge in [-0.2, -0.15) is 0 Å². The van der Waals surface area contributed by atoms with Gasteiger partial charge in [0.2, 0.25) is 5.91 Å². The van der Waals surface area contributed by atoms with E-state index in [-0.39, 0.29) is 11.2 Å². The predicted molar refractivity (Wildman–Crippen MR) is 92.3 cm³/mol. The summed E-state index contributed by atoms with van der Waals surface area (Å²) in [5.74, 6) is 1.25. The number of aromatic nitrogens is 3. The van der Waals surface area contributed by atoms with Crippen molar-refractivity contribution in [3.05, 3.63) is 54.3 Å². The topological polar surface area (TPSA) is 73.0 Å². The van der Waals surface area contributed by atoms with Crippen molar-refractivity contribution in [1.82, 2.24) is 20.1 Å². The number of nitrogens with one attached hydrogen (secondary N) is 1. The summed E-state index contributed by atoms with van der Waals surface area (Å²) >= 11 is 1.37. The van der Waals surface area contributed by atoms with Crippen molar-refractivity contribution in [3.8, 4) is 11.6 Å². The molecule has 0 saturated carbocycles. The van der Waals surface area contributed by atoms with Crippen LogP contribution in [-0.2, 0) is 18.4 Å². The first kappa shape index (κ1) is 16.3. The van der Waals surface area contributed by atoms with Gasteiger partial charge in [-0.25, -0.2) is 0 Å². The van der Waals surface area contributed by atoms with E-state index in [9.17, 15) is 4.79 Å². The van der Waals surface area contributed by atoms with E-state index < -0.39 is 0 Å². The van der Waals surface area contributed by atoms with Gasteiger partial charge in [-0.3, -0.25) is 4.79 Å². The Bertz CT molecular complexity index is 799. The molecule has 7 heteroatoms. The lowest BCUT2D eigenvalue weighted by molar-refractivity contribution is -0.120. The Kier molecular flexibility index (Phi) is 5.00. The zero-order valence-corrected chi connectivity index (χ0v) is 14.3. The Balaban J connectivity index is 1.60. The lowest BCUT2D eigenvalue weighted by Crippen LogP contribution is -2.30. The smallest absolute Gasteiger partial charge is 0.233 e. The Morgan fingerprint density at radius 1 is 1.25 bits per heavy atom. The summed E-state index contributed by atoms with van der Waals surface area (Å²) < 4.78 is 7.17. The molecule has 3 rings (SSSR count). The summed E-state index contributed by atoms with van der Waals surface area (Å²) in [7, 11) is 1.86. The standard InChI is InChI=1S/C17H18N4O2S/c1-12(16(22)18-11-13-7-4-3-5-8-13)24-17-20-19-15(21(17)2)14-9-6-10-23-14/h3-10,12H,11H2,1-2H3,(H,18,22)/t12-/m1/s1. The van der Waals surface area contributed by atoms with Crippen LogP contribution in [0.25, 0.3) is 11.6 Å². The summed E-state index contributed by atoms with van der Waals surface area (Å²) in [6, 6.07) is 13.5. The molecule has 1 atom stereocenters. The van der Waals surface area contributed by atoms with Gasteiger partial charge < -0.3 is 14.3 Å². The van der Waals surface area contributed by atoms with Gasteiger partial charge in [-0.05, 0) is 24.6 Å². The van der Waals surface area contributed by atoms with E-state index in [4.69, 9.17) is 4.42 Å². The molecule has 0 saturated heterocycles. The van der Waals surface area contributed by atoms with E-state index in [1.54, 1.807) is 12.3 Å². The van der Waals surface area contributed by atoms with Crippen molar-refractivity contribution in [3.63, 3.8) is 0 Å². The maximum Gasteiger partial charge on any atom is 0.233 e. The number of benzene rings is 1. The number of carbonyl (C=O) groups is 1. The van der Waals surface area contributed by atoms with Crippen LogP contribution in [0.1, 0.15) is 12.5 Å².